The third-order valence-electron chi connectivity index (χ3n) is 9.73. The monoisotopic (exact) mass is 646 g/mol. The number of nitrogens with zero attached hydrogens (tertiary/aromatic N) is 9. The highest BCUT2D eigenvalue weighted by atomic mass is 16.2. The number of imide groups is 2. The standard InChI is InChI=1S/C33H46N10O4/c1-16-12-20(44)40(27(16)46)14-18(3)24-34-26-22(23(31(5,6)7)36-42(26)37-24)33(11)29(32(8,9)10)39-43-30(33)35-25(38-43)19(4)15-41-21(45)13-17(2)28(41)47/h16-19,36H,12-15H2,1-11H3. The minimum atomic E-state index is -0.884. The highest BCUT2D eigenvalue weighted by Gasteiger charge is 2.53. The summed E-state index contributed by atoms with van der Waals surface area (Å²) in [6, 6.07) is 0. The summed E-state index contributed by atoms with van der Waals surface area (Å²) in [5.74, 6) is -0.290. The first-order valence-electron chi connectivity index (χ1n) is 16.5. The molecule has 0 radical (unpaired) electrons. The number of hydrogen-bond acceptors (Lipinski definition) is 9. The first kappa shape index (κ1) is 32.7. The molecule has 0 spiro atoms. The molecule has 4 amide bonds. The summed E-state index contributed by atoms with van der Waals surface area (Å²) in [5.41, 5.74) is 1.62. The molecule has 5 atom stereocenters. The van der Waals surface area contributed by atoms with Crippen molar-refractivity contribution in [3.05, 3.63) is 28.7 Å². The summed E-state index contributed by atoms with van der Waals surface area (Å²) in [6.45, 7) is 22.6. The molecule has 47 heavy (non-hydrogen) atoms. The van der Waals surface area contributed by atoms with E-state index in [4.69, 9.17) is 25.3 Å². The van der Waals surface area contributed by atoms with E-state index < -0.39 is 5.41 Å². The fraction of sp³-hybridized carbons (Fsp3) is 0.667. The quantitative estimate of drug-likeness (QED) is 0.381. The molecule has 1 N–H and O–H groups in total. The number of likely N-dealkylation sites (tertiary alicyclic amines) is 2. The lowest BCUT2D eigenvalue weighted by atomic mass is 9.67. The predicted octanol–water partition coefficient (Wildman–Crippen LogP) is 3.51. The molecule has 3 aromatic heterocycles. The molecule has 0 saturated carbocycles. The average Bonchev–Trinajstić information content (AvgIpc) is 3.77. The number of rotatable bonds is 7. The number of hydrogen-bond donors (Lipinski definition) is 1. The molecule has 6 rings (SSSR count). The van der Waals surface area contributed by atoms with Crippen molar-refractivity contribution in [3.8, 4) is 0 Å². The van der Waals surface area contributed by atoms with Crippen LogP contribution in [0.3, 0.4) is 0 Å². The normalized spacial score (nSPS) is 25.0. The van der Waals surface area contributed by atoms with E-state index in [1.54, 1.807) is 23.3 Å². The Labute approximate surface area is 274 Å². The number of nitrogens with one attached hydrogen (secondary N) is 1. The molecule has 5 unspecified atom stereocenters. The van der Waals surface area contributed by atoms with Gasteiger partial charge in [0.25, 0.3) is 0 Å². The number of fused-ring (bicyclic) bond motifs is 2. The lowest BCUT2D eigenvalue weighted by molar-refractivity contribution is -0.141. The summed E-state index contributed by atoms with van der Waals surface area (Å²) in [4.78, 5) is 64.8. The van der Waals surface area contributed by atoms with Crippen LogP contribution in [0.1, 0.15) is 130 Å². The van der Waals surface area contributed by atoms with Crippen LogP contribution in [-0.2, 0) is 30.0 Å². The molecule has 0 bridgehead atoms. The van der Waals surface area contributed by atoms with E-state index in [0.29, 0.717) is 23.1 Å². The number of aromatic nitrogens is 7. The van der Waals surface area contributed by atoms with E-state index >= 15 is 0 Å². The predicted molar refractivity (Wildman–Crippen MR) is 173 cm³/mol. The van der Waals surface area contributed by atoms with Crippen LogP contribution in [0, 0.1) is 17.3 Å². The Hall–Kier alpha value is -4.23. The smallest absolute Gasteiger partial charge is 0.232 e. The molecule has 3 aromatic rings. The van der Waals surface area contributed by atoms with Crippen LogP contribution >= 0.6 is 0 Å². The van der Waals surface area contributed by atoms with Crippen molar-refractivity contribution in [1.29, 1.82) is 0 Å². The molecular weight excluding hydrogens is 600 g/mol. The van der Waals surface area contributed by atoms with Gasteiger partial charge in [-0.1, -0.05) is 69.2 Å². The molecule has 0 aromatic carbocycles. The van der Waals surface area contributed by atoms with Gasteiger partial charge in [-0.3, -0.25) is 34.1 Å². The molecule has 252 valence electrons. The zero-order chi connectivity index (χ0) is 34.5. The third kappa shape index (κ3) is 5.10. The van der Waals surface area contributed by atoms with Gasteiger partial charge in [0.2, 0.25) is 23.6 Å². The molecular formula is C33H46N10O4. The number of carbonyl (C=O) groups excluding carboxylic acids is 4. The van der Waals surface area contributed by atoms with Crippen LogP contribution in [0.5, 0.6) is 0 Å². The molecule has 2 saturated heterocycles. The Morgan fingerprint density at radius 3 is 1.77 bits per heavy atom. The third-order valence-corrected chi connectivity index (χ3v) is 9.73. The molecule has 14 nitrogen and oxygen atoms in total. The molecule has 3 aliphatic rings. The Balaban J connectivity index is 1.44. The van der Waals surface area contributed by atoms with Gasteiger partial charge in [-0.05, 0) is 6.92 Å². The van der Waals surface area contributed by atoms with Gasteiger partial charge in [0.15, 0.2) is 23.1 Å². The summed E-state index contributed by atoms with van der Waals surface area (Å²) in [6.07, 6.45) is 0.443. The molecule has 0 aliphatic carbocycles. The first-order chi connectivity index (χ1) is 21.7. The highest BCUT2D eigenvalue weighted by Crippen LogP contribution is 2.47. The maximum Gasteiger partial charge on any atom is 0.232 e. The van der Waals surface area contributed by atoms with Gasteiger partial charge in [-0.25, -0.2) is 9.97 Å². The number of amides is 4. The molecule has 3 aliphatic heterocycles. The Morgan fingerprint density at radius 1 is 0.809 bits per heavy atom. The van der Waals surface area contributed by atoms with Crippen molar-refractivity contribution in [2.24, 2.45) is 22.4 Å². The van der Waals surface area contributed by atoms with Gasteiger partial charge in [-0.15, -0.1) is 15.0 Å². The van der Waals surface area contributed by atoms with Crippen LogP contribution in [0.25, 0.3) is 5.65 Å². The summed E-state index contributed by atoms with van der Waals surface area (Å²) >= 11 is 0. The Morgan fingerprint density at radius 2 is 1.32 bits per heavy atom. The van der Waals surface area contributed by atoms with Crippen molar-refractivity contribution in [3.63, 3.8) is 0 Å². The number of carbonyl (C=O) groups is 4. The topological polar surface area (TPSA) is 164 Å². The Bertz CT molecular complexity index is 1850. The van der Waals surface area contributed by atoms with Crippen LogP contribution in [0.4, 0.5) is 0 Å². The van der Waals surface area contributed by atoms with Crippen LogP contribution in [-0.4, -0.2) is 86.9 Å². The second-order valence-electron chi connectivity index (χ2n) is 16.0. The van der Waals surface area contributed by atoms with Gasteiger partial charge in [0.1, 0.15) is 5.41 Å². The van der Waals surface area contributed by atoms with Crippen molar-refractivity contribution in [1.82, 2.24) is 44.5 Å². The van der Waals surface area contributed by atoms with E-state index in [1.165, 1.54) is 9.80 Å². The van der Waals surface area contributed by atoms with Gasteiger partial charge in [-0.2, -0.15) is 9.73 Å². The molecule has 2 fully saturated rings. The second kappa shape index (κ2) is 10.6. The lowest BCUT2D eigenvalue weighted by Gasteiger charge is -2.34. The SMILES string of the molecule is CC1CC(=O)N(CC(C)c2nc3n(n2)N=C(C(C)(C)C)C3(C)c2c(C(C)(C)C)[nH]n3nc(C(C)CN4C(=O)CC(C)C4=O)nc23)C1=O. The van der Waals surface area contributed by atoms with Crippen LogP contribution in [0.15, 0.2) is 5.10 Å². The van der Waals surface area contributed by atoms with Crippen molar-refractivity contribution < 1.29 is 19.2 Å². The van der Waals surface area contributed by atoms with Gasteiger partial charge >= 0.3 is 0 Å². The van der Waals surface area contributed by atoms with Crippen LogP contribution < -0.4 is 0 Å². The molecule has 14 heteroatoms. The van der Waals surface area contributed by atoms with E-state index in [1.807, 2.05) is 13.8 Å². The van der Waals surface area contributed by atoms with E-state index in [-0.39, 0.29) is 84.1 Å². The van der Waals surface area contributed by atoms with Gasteiger partial charge in [0.05, 0.1) is 5.71 Å². The maximum absolute atomic E-state index is 12.7. The van der Waals surface area contributed by atoms with E-state index in [2.05, 4.69) is 53.6 Å². The summed E-state index contributed by atoms with van der Waals surface area (Å²) in [7, 11) is 0. The van der Waals surface area contributed by atoms with Crippen molar-refractivity contribution in [2.45, 2.75) is 112 Å². The highest BCUT2D eigenvalue weighted by molar-refractivity contribution is 6.05. The average molecular weight is 647 g/mol. The first-order valence-corrected chi connectivity index (χ1v) is 16.5. The second-order valence-corrected chi connectivity index (χ2v) is 16.0. The fourth-order valence-corrected chi connectivity index (χ4v) is 7.20. The summed E-state index contributed by atoms with van der Waals surface area (Å²) < 4.78 is 1.68. The lowest BCUT2D eigenvalue weighted by Crippen LogP contribution is -2.41. The van der Waals surface area contributed by atoms with Gasteiger partial charge in [0, 0.05) is 71.7 Å². The zero-order valence-corrected chi connectivity index (χ0v) is 29.3. The minimum absolute atomic E-state index is 0.163. The largest absolute Gasteiger partial charge is 0.282 e. The fourth-order valence-electron chi connectivity index (χ4n) is 7.20. The van der Waals surface area contributed by atoms with E-state index in [9.17, 15) is 19.2 Å². The maximum atomic E-state index is 12.7. The molecule has 6 heterocycles. The van der Waals surface area contributed by atoms with Crippen molar-refractivity contribution in [2.75, 3.05) is 13.1 Å². The number of H-pyrrole nitrogens is 1. The number of aromatic amines is 1. The van der Waals surface area contributed by atoms with Gasteiger partial charge < -0.3 is 0 Å². The van der Waals surface area contributed by atoms with Crippen molar-refractivity contribution >= 4 is 35.0 Å². The minimum Gasteiger partial charge on any atom is -0.282 e. The Kier molecular flexibility index (Phi) is 7.40. The van der Waals surface area contributed by atoms with Crippen LogP contribution in [0.2, 0.25) is 0 Å². The van der Waals surface area contributed by atoms with E-state index in [0.717, 1.165) is 17.0 Å². The summed E-state index contributed by atoms with van der Waals surface area (Å²) in [5, 5.41) is 18.2. The zero-order valence-electron chi connectivity index (χ0n) is 29.3.